The number of ether oxygens (including phenoxy) is 3. The minimum atomic E-state index is -1.42. The van der Waals surface area contributed by atoms with Gasteiger partial charge in [0.15, 0.2) is 0 Å². The van der Waals surface area contributed by atoms with E-state index in [0.29, 0.717) is 19.8 Å². The Morgan fingerprint density at radius 3 is 1.73 bits per heavy atom. The molecule has 0 amide bonds. The van der Waals surface area contributed by atoms with Gasteiger partial charge in [-0.3, -0.25) is 0 Å². The van der Waals surface area contributed by atoms with Gasteiger partial charge in [-0.2, -0.15) is 0 Å². The molecule has 0 fully saturated rings. The highest BCUT2D eigenvalue weighted by molar-refractivity contribution is 6.89. The molecule has 0 spiro atoms. The van der Waals surface area contributed by atoms with Gasteiger partial charge in [0.25, 0.3) is 0 Å². The maximum Gasteiger partial charge on any atom is 0.129 e. The van der Waals surface area contributed by atoms with E-state index in [4.69, 9.17) is 19.3 Å². The Balaban J connectivity index is 0.000000345. The molecule has 4 rings (SSSR count). The summed E-state index contributed by atoms with van der Waals surface area (Å²) in [4.78, 5) is 0. The quantitative estimate of drug-likeness (QED) is 0.205. The fraction of sp³-hybridized carbons (Fsp3) is 0.538. The number of rotatable bonds is 6. The van der Waals surface area contributed by atoms with Crippen LogP contribution in [-0.4, -0.2) is 59.4 Å². The molecule has 264 valence electrons. The molecule has 0 aromatic heterocycles. The molecule has 0 bridgehead atoms. The minimum Gasteiger partial charge on any atom is -0.392 e. The van der Waals surface area contributed by atoms with Crippen molar-refractivity contribution in [1.82, 2.24) is 0 Å². The normalized spacial score (nSPS) is 13.0. The highest BCUT2D eigenvalue weighted by atomic mass is 28.3. The molecule has 9 heteroatoms. The highest BCUT2D eigenvalue weighted by Crippen LogP contribution is 2.27. The summed E-state index contributed by atoms with van der Waals surface area (Å²) in [7, 11) is -3.97. The molecule has 0 radical (unpaired) electrons. The van der Waals surface area contributed by atoms with Crippen LogP contribution >= 0.6 is 0 Å². The molecule has 0 unspecified atom stereocenters. The van der Waals surface area contributed by atoms with Crippen LogP contribution in [-0.2, 0) is 53.9 Å². The van der Waals surface area contributed by atoms with Crippen LogP contribution in [0.5, 0.6) is 0 Å². The van der Waals surface area contributed by atoms with Gasteiger partial charge in [-0.25, -0.2) is 0 Å². The average Bonchev–Trinajstić information content (AvgIpc) is 3.69. The van der Waals surface area contributed by atoms with E-state index in [1.807, 2.05) is 5.92 Å². The summed E-state index contributed by atoms with van der Waals surface area (Å²) >= 11 is 0. The Kier molecular flexibility index (Phi) is 18.4. The first-order chi connectivity index (χ1) is 22.4. The maximum atomic E-state index is 9.52. The largest absolute Gasteiger partial charge is 0.392 e. The number of benzene rings is 2. The predicted molar refractivity (Wildman–Crippen MR) is 208 cm³/mol. The number of fused-ring (bicyclic) bond motifs is 2. The summed E-state index contributed by atoms with van der Waals surface area (Å²) < 4.78 is 16.3. The zero-order chi connectivity index (χ0) is 36.7. The Morgan fingerprint density at radius 2 is 1.25 bits per heavy atom. The van der Waals surface area contributed by atoms with Gasteiger partial charge in [0.2, 0.25) is 0 Å². The molecule has 0 saturated heterocycles. The van der Waals surface area contributed by atoms with Crippen molar-refractivity contribution in [3.8, 4) is 35.6 Å². The standard InChI is InChI=1S/2C13H20O2Si.C10H16OSi.C3H4O/c1-9-10(6-14)5-13(16(2,3)4)12-8-15-7-11(9)12;1-9-5-10(6-14)13(16(2,3)4)12-8-15-7-11(9)12;1-5-6-8-11-9-7-10-12(2,3)4;1-2-3-4/h2*5,14H,6-8H2,1-4H3;8-9H2,1-4H3;1,4H,3H2. The molecule has 3 N–H and O–H groups in total. The summed E-state index contributed by atoms with van der Waals surface area (Å²) in [6, 6.07) is 4.34. The lowest BCUT2D eigenvalue weighted by Crippen LogP contribution is -2.43. The molecule has 0 saturated carbocycles. The van der Waals surface area contributed by atoms with Gasteiger partial charge >= 0.3 is 0 Å². The number of aryl methyl sites for hydroxylation is 1. The number of hydrogen-bond acceptors (Lipinski definition) is 6. The van der Waals surface area contributed by atoms with Crippen molar-refractivity contribution < 1.29 is 29.5 Å². The predicted octanol–water partition coefficient (Wildman–Crippen LogP) is 5.64. The van der Waals surface area contributed by atoms with Crippen molar-refractivity contribution in [1.29, 1.82) is 0 Å². The Morgan fingerprint density at radius 1 is 0.729 bits per heavy atom. The van der Waals surface area contributed by atoms with Crippen LogP contribution in [0, 0.1) is 49.5 Å². The van der Waals surface area contributed by atoms with E-state index in [0.717, 1.165) is 30.9 Å². The topological polar surface area (TPSA) is 88.4 Å². The van der Waals surface area contributed by atoms with Crippen LogP contribution in [0.3, 0.4) is 0 Å². The summed E-state index contributed by atoms with van der Waals surface area (Å²) in [5, 5.41) is 29.4. The second-order valence-corrected chi connectivity index (χ2v) is 29.8. The number of hydrogen-bond donors (Lipinski definition) is 3. The lowest BCUT2D eigenvalue weighted by molar-refractivity contribution is 0.134. The molecule has 2 aromatic rings. The third-order valence-electron chi connectivity index (χ3n) is 7.76. The minimum absolute atomic E-state index is 0.136. The SMILES string of the molecule is C#CCO.CC#CCOCC#C[Si](C)(C)C.Cc1c(CO)cc([Si](C)(C)C)c2c1COC2.Cc1cc(CO)c([Si](C)(C)C)c2c1COC2. The van der Waals surface area contributed by atoms with Crippen molar-refractivity contribution in [3.05, 3.63) is 56.6 Å². The molecule has 0 aliphatic carbocycles. The van der Waals surface area contributed by atoms with Crippen molar-refractivity contribution in [2.24, 2.45) is 0 Å². The Hall–Kier alpha value is -2.47. The Bertz CT molecular complexity index is 1520. The summed E-state index contributed by atoms with van der Waals surface area (Å²) in [5.41, 5.74) is 13.3. The first-order valence-electron chi connectivity index (χ1n) is 16.6. The highest BCUT2D eigenvalue weighted by Gasteiger charge is 2.29. The average molecular weight is 709 g/mol. The maximum absolute atomic E-state index is 9.52. The van der Waals surface area contributed by atoms with Gasteiger partial charge in [0, 0.05) is 0 Å². The van der Waals surface area contributed by atoms with Gasteiger partial charge in [0.05, 0.1) is 55.8 Å². The van der Waals surface area contributed by atoms with E-state index in [1.165, 1.54) is 43.8 Å². The zero-order valence-electron chi connectivity index (χ0n) is 31.7. The van der Waals surface area contributed by atoms with E-state index < -0.39 is 24.2 Å². The first kappa shape index (κ1) is 43.6. The van der Waals surface area contributed by atoms with Crippen LogP contribution in [0.1, 0.15) is 51.4 Å². The third kappa shape index (κ3) is 13.8. The van der Waals surface area contributed by atoms with Crippen molar-refractivity contribution in [2.75, 3.05) is 19.8 Å². The Labute approximate surface area is 294 Å². The van der Waals surface area contributed by atoms with Gasteiger partial charge < -0.3 is 29.5 Å². The van der Waals surface area contributed by atoms with E-state index in [1.54, 1.807) is 6.92 Å². The lowest BCUT2D eigenvalue weighted by Gasteiger charge is -2.24. The van der Waals surface area contributed by atoms with Crippen LogP contribution in [0.15, 0.2) is 12.1 Å². The molecule has 2 aliphatic rings. The van der Waals surface area contributed by atoms with Crippen molar-refractivity contribution in [3.63, 3.8) is 0 Å². The van der Waals surface area contributed by atoms with Crippen molar-refractivity contribution in [2.45, 2.75) is 119 Å². The van der Waals surface area contributed by atoms with E-state index in [-0.39, 0.29) is 19.8 Å². The summed E-state index contributed by atoms with van der Waals surface area (Å²) in [5.74, 6) is 10.6. The van der Waals surface area contributed by atoms with Crippen LogP contribution in [0.25, 0.3) is 0 Å². The summed E-state index contributed by atoms with van der Waals surface area (Å²) in [6.07, 6.45) is 4.53. The molecule has 48 heavy (non-hydrogen) atoms. The van der Waals surface area contributed by atoms with Crippen LogP contribution in [0.4, 0.5) is 0 Å². The third-order valence-corrected chi connectivity index (χ3v) is 12.9. The van der Waals surface area contributed by atoms with Gasteiger partial charge in [-0.1, -0.05) is 94.0 Å². The van der Waals surface area contributed by atoms with Gasteiger partial charge in [0.1, 0.15) is 27.9 Å². The van der Waals surface area contributed by atoms with E-state index >= 15 is 0 Å². The number of aliphatic hydroxyl groups excluding tert-OH is 3. The fourth-order valence-corrected chi connectivity index (χ4v) is 10.2. The van der Waals surface area contributed by atoms with E-state index in [9.17, 15) is 10.2 Å². The number of aliphatic hydroxyl groups is 3. The monoisotopic (exact) mass is 708 g/mol. The van der Waals surface area contributed by atoms with Crippen LogP contribution < -0.4 is 10.4 Å². The smallest absolute Gasteiger partial charge is 0.129 e. The lowest BCUT2D eigenvalue weighted by atomic mass is 9.99. The second kappa shape index (κ2) is 20.3. The van der Waals surface area contributed by atoms with Gasteiger partial charge in [-0.05, 0) is 70.5 Å². The second-order valence-electron chi connectivity index (χ2n) is 15.0. The molecule has 2 aromatic carbocycles. The van der Waals surface area contributed by atoms with Crippen LogP contribution in [0.2, 0.25) is 58.9 Å². The summed E-state index contributed by atoms with van der Waals surface area (Å²) in [6.45, 7) is 30.7. The molecule has 2 heterocycles. The molecule has 6 nitrogen and oxygen atoms in total. The van der Waals surface area contributed by atoms with Gasteiger partial charge in [-0.15, -0.1) is 17.9 Å². The van der Waals surface area contributed by atoms with Crippen molar-refractivity contribution >= 4 is 34.6 Å². The van der Waals surface area contributed by atoms with E-state index in [2.05, 4.69) is 115 Å². The molecule has 2 aliphatic heterocycles. The first-order valence-corrected chi connectivity index (χ1v) is 27.1. The zero-order valence-corrected chi connectivity index (χ0v) is 34.7. The molecular formula is C39H60O6Si3. The fourth-order valence-electron chi connectivity index (χ4n) is 5.61. The molecule has 0 atom stereocenters. The number of terminal acetylenes is 1. The molecular weight excluding hydrogens is 649 g/mol.